The smallest absolute Gasteiger partial charge is 0.350 e. The molecule has 3 rings (SSSR count). The van der Waals surface area contributed by atoms with Crippen LogP contribution in [0.5, 0.6) is 0 Å². The highest BCUT2D eigenvalue weighted by Crippen LogP contribution is 2.36. The fraction of sp³-hybridized carbons (Fsp3) is 0.238. The second-order valence-electron chi connectivity index (χ2n) is 6.52. The van der Waals surface area contributed by atoms with Gasteiger partial charge >= 0.3 is 11.9 Å². The number of ether oxygens (including phenoxy) is 2. The van der Waals surface area contributed by atoms with Gasteiger partial charge in [-0.15, -0.1) is 11.3 Å². The topological polar surface area (TPSA) is 97.8 Å². The predicted molar refractivity (Wildman–Crippen MR) is 114 cm³/mol. The monoisotopic (exact) mass is 427 g/mol. The van der Waals surface area contributed by atoms with Gasteiger partial charge in [0.15, 0.2) is 0 Å². The number of nitrogens with zero attached hydrogens (tertiary/aromatic N) is 2. The first-order chi connectivity index (χ1) is 14.4. The molecule has 2 heterocycles. The van der Waals surface area contributed by atoms with Crippen LogP contribution in [0.2, 0.25) is 0 Å². The fourth-order valence-corrected chi connectivity index (χ4v) is 3.92. The molecule has 0 saturated carbocycles. The van der Waals surface area contributed by atoms with Crippen LogP contribution in [0.3, 0.4) is 0 Å². The SMILES string of the molecule is COC(=O)CN(C)Cc1ccc2c(NC(=O)c3ccccc3)c(C(=O)OC)sc2n1. The van der Waals surface area contributed by atoms with Crippen molar-refractivity contribution in [1.29, 1.82) is 0 Å². The largest absolute Gasteiger partial charge is 0.468 e. The van der Waals surface area contributed by atoms with Crippen molar-refractivity contribution in [2.24, 2.45) is 0 Å². The molecule has 0 aliphatic carbocycles. The first kappa shape index (κ1) is 21.4. The number of thiophene rings is 1. The van der Waals surface area contributed by atoms with Crippen LogP contribution >= 0.6 is 11.3 Å². The number of anilines is 1. The van der Waals surface area contributed by atoms with E-state index >= 15 is 0 Å². The van der Waals surface area contributed by atoms with Gasteiger partial charge in [0.2, 0.25) is 0 Å². The van der Waals surface area contributed by atoms with Crippen molar-refractivity contribution < 1.29 is 23.9 Å². The molecular formula is C21H21N3O5S. The van der Waals surface area contributed by atoms with Gasteiger partial charge in [-0.25, -0.2) is 9.78 Å². The Labute approximate surface area is 177 Å². The van der Waals surface area contributed by atoms with Gasteiger partial charge in [-0.3, -0.25) is 14.5 Å². The number of aromatic nitrogens is 1. The van der Waals surface area contributed by atoms with E-state index in [-0.39, 0.29) is 23.3 Å². The molecule has 1 amide bonds. The number of amides is 1. The highest BCUT2D eigenvalue weighted by molar-refractivity contribution is 7.21. The molecule has 1 N–H and O–H groups in total. The Morgan fingerprint density at radius 2 is 1.80 bits per heavy atom. The summed E-state index contributed by atoms with van der Waals surface area (Å²) in [4.78, 5) is 43.6. The molecule has 0 aliphatic heterocycles. The van der Waals surface area contributed by atoms with Gasteiger partial charge in [-0.2, -0.15) is 0 Å². The zero-order valence-corrected chi connectivity index (χ0v) is 17.6. The Bertz CT molecular complexity index is 1080. The summed E-state index contributed by atoms with van der Waals surface area (Å²) >= 11 is 1.14. The maximum atomic E-state index is 12.6. The Hall–Kier alpha value is -3.30. The predicted octanol–water partition coefficient (Wildman–Crippen LogP) is 2.94. The third kappa shape index (κ3) is 4.81. The maximum absolute atomic E-state index is 12.6. The molecule has 8 nitrogen and oxygen atoms in total. The number of pyridine rings is 1. The average Bonchev–Trinajstić information content (AvgIpc) is 3.11. The van der Waals surface area contributed by atoms with E-state index in [1.807, 2.05) is 6.07 Å². The molecule has 0 unspecified atom stereocenters. The summed E-state index contributed by atoms with van der Waals surface area (Å²) in [5.74, 6) is -1.22. The lowest BCUT2D eigenvalue weighted by Crippen LogP contribution is -2.26. The number of hydrogen-bond acceptors (Lipinski definition) is 8. The zero-order chi connectivity index (χ0) is 21.7. The van der Waals surface area contributed by atoms with E-state index in [4.69, 9.17) is 4.74 Å². The van der Waals surface area contributed by atoms with E-state index in [0.717, 1.165) is 11.3 Å². The van der Waals surface area contributed by atoms with Gasteiger partial charge in [-0.1, -0.05) is 18.2 Å². The molecule has 9 heteroatoms. The summed E-state index contributed by atoms with van der Waals surface area (Å²) in [5.41, 5.74) is 1.56. The number of hydrogen-bond donors (Lipinski definition) is 1. The van der Waals surface area contributed by atoms with Crippen molar-refractivity contribution >= 4 is 45.1 Å². The number of rotatable bonds is 7. The molecule has 2 aromatic heterocycles. The quantitative estimate of drug-likeness (QED) is 0.579. The van der Waals surface area contributed by atoms with Crippen LogP contribution in [0, 0.1) is 0 Å². The van der Waals surface area contributed by atoms with E-state index in [1.165, 1.54) is 14.2 Å². The minimum absolute atomic E-state index is 0.131. The number of esters is 2. The van der Waals surface area contributed by atoms with Gasteiger partial charge < -0.3 is 14.8 Å². The molecule has 30 heavy (non-hydrogen) atoms. The second-order valence-corrected chi connectivity index (χ2v) is 7.52. The Morgan fingerprint density at radius 1 is 1.07 bits per heavy atom. The van der Waals surface area contributed by atoms with Crippen molar-refractivity contribution in [3.8, 4) is 0 Å². The molecule has 0 atom stereocenters. The lowest BCUT2D eigenvalue weighted by molar-refractivity contribution is -0.141. The van der Waals surface area contributed by atoms with E-state index in [1.54, 1.807) is 48.3 Å². The Balaban J connectivity index is 1.92. The molecule has 0 fully saturated rings. The lowest BCUT2D eigenvalue weighted by atomic mass is 10.2. The summed E-state index contributed by atoms with van der Waals surface area (Å²) < 4.78 is 9.55. The first-order valence-corrected chi connectivity index (χ1v) is 9.87. The highest BCUT2D eigenvalue weighted by atomic mass is 32.1. The van der Waals surface area contributed by atoms with E-state index in [9.17, 15) is 14.4 Å². The van der Waals surface area contributed by atoms with Crippen molar-refractivity contribution in [2.45, 2.75) is 6.54 Å². The van der Waals surface area contributed by atoms with Crippen LogP contribution < -0.4 is 5.32 Å². The molecule has 0 bridgehead atoms. The second kappa shape index (κ2) is 9.47. The molecule has 1 aromatic carbocycles. The third-order valence-corrected chi connectivity index (χ3v) is 5.40. The van der Waals surface area contributed by atoms with Crippen LogP contribution in [-0.2, 0) is 20.8 Å². The third-order valence-electron chi connectivity index (χ3n) is 4.32. The molecule has 3 aromatic rings. The van der Waals surface area contributed by atoms with E-state index in [0.29, 0.717) is 33.7 Å². The summed E-state index contributed by atoms with van der Waals surface area (Å²) in [6.07, 6.45) is 0. The molecule has 0 spiro atoms. The normalized spacial score (nSPS) is 10.8. The molecule has 0 radical (unpaired) electrons. The number of carbonyl (C=O) groups excluding carboxylic acids is 3. The maximum Gasteiger partial charge on any atom is 0.350 e. The van der Waals surface area contributed by atoms with Gasteiger partial charge in [0, 0.05) is 17.5 Å². The van der Waals surface area contributed by atoms with E-state index in [2.05, 4.69) is 15.0 Å². The van der Waals surface area contributed by atoms with Crippen LogP contribution in [0.15, 0.2) is 42.5 Å². The molecule has 0 aliphatic rings. The van der Waals surface area contributed by atoms with Crippen LogP contribution in [0.4, 0.5) is 5.69 Å². The number of carbonyl (C=O) groups is 3. The fourth-order valence-electron chi connectivity index (χ4n) is 2.86. The molecule has 0 saturated heterocycles. The number of methoxy groups -OCH3 is 2. The van der Waals surface area contributed by atoms with Crippen LogP contribution in [-0.4, -0.2) is 55.5 Å². The number of nitrogens with one attached hydrogen (secondary N) is 1. The van der Waals surface area contributed by atoms with Gasteiger partial charge in [0.05, 0.1) is 32.1 Å². The first-order valence-electron chi connectivity index (χ1n) is 9.05. The lowest BCUT2D eigenvalue weighted by Gasteiger charge is -2.14. The Morgan fingerprint density at radius 3 is 2.47 bits per heavy atom. The van der Waals surface area contributed by atoms with Crippen LogP contribution in [0.1, 0.15) is 25.7 Å². The standard InChI is InChI=1S/C21H21N3O5S/c1-24(12-16(25)28-2)11-14-9-10-15-17(18(21(27)29-3)30-20(15)22-14)23-19(26)13-7-5-4-6-8-13/h4-10H,11-12H2,1-3H3,(H,23,26). The summed E-state index contributed by atoms with van der Waals surface area (Å²) in [5, 5.41) is 3.46. The minimum Gasteiger partial charge on any atom is -0.468 e. The minimum atomic E-state index is -0.550. The average molecular weight is 427 g/mol. The molecule has 156 valence electrons. The summed E-state index contributed by atoms with van der Waals surface area (Å²) in [7, 11) is 4.41. The summed E-state index contributed by atoms with van der Waals surface area (Å²) in [6.45, 7) is 0.550. The van der Waals surface area contributed by atoms with Crippen molar-refractivity contribution in [1.82, 2.24) is 9.88 Å². The zero-order valence-electron chi connectivity index (χ0n) is 16.8. The van der Waals surface area contributed by atoms with Crippen molar-refractivity contribution in [2.75, 3.05) is 33.1 Å². The number of likely N-dealkylation sites (N-methyl/N-ethyl adjacent to an activating group) is 1. The van der Waals surface area contributed by atoms with Crippen molar-refractivity contribution in [3.05, 3.63) is 58.6 Å². The summed E-state index contributed by atoms with van der Waals surface area (Å²) in [6, 6.07) is 12.3. The van der Waals surface area contributed by atoms with Crippen LogP contribution in [0.25, 0.3) is 10.2 Å². The highest BCUT2D eigenvalue weighted by Gasteiger charge is 2.22. The van der Waals surface area contributed by atoms with Gasteiger partial charge in [-0.05, 0) is 31.3 Å². The number of fused-ring (bicyclic) bond motifs is 1. The van der Waals surface area contributed by atoms with Crippen molar-refractivity contribution in [3.63, 3.8) is 0 Å². The molecular weight excluding hydrogens is 406 g/mol. The van der Waals surface area contributed by atoms with Gasteiger partial charge in [0.25, 0.3) is 5.91 Å². The Kier molecular flexibility index (Phi) is 6.76. The van der Waals surface area contributed by atoms with E-state index < -0.39 is 5.97 Å². The van der Waals surface area contributed by atoms with Gasteiger partial charge in [0.1, 0.15) is 9.71 Å². The number of benzene rings is 1.